The van der Waals surface area contributed by atoms with E-state index in [0.29, 0.717) is 23.3 Å². The molecule has 1 aliphatic rings. The molecule has 202 valence electrons. The van der Waals surface area contributed by atoms with Gasteiger partial charge in [0, 0.05) is 41.0 Å². The number of hydrogen-bond donors (Lipinski definition) is 1. The third-order valence-corrected chi connectivity index (χ3v) is 7.64. The molecule has 0 atom stereocenters. The summed E-state index contributed by atoms with van der Waals surface area (Å²) in [6, 6.07) is 25.3. The zero-order valence-corrected chi connectivity index (χ0v) is 22.5. The summed E-state index contributed by atoms with van der Waals surface area (Å²) < 4.78 is 8.23. The molecule has 0 radical (unpaired) electrons. The number of rotatable bonds is 8. The third-order valence-electron chi connectivity index (χ3n) is 7.36. The number of nitrogens with zero attached hydrogens (tertiary/aromatic N) is 4. The van der Waals surface area contributed by atoms with Crippen molar-refractivity contribution in [3.8, 4) is 16.9 Å². The number of ether oxygens (including phenoxy) is 1. The quantitative estimate of drug-likeness (QED) is 0.157. The third kappa shape index (κ3) is 5.54. The number of aromatic nitrogens is 3. The zero-order valence-electron chi connectivity index (χ0n) is 21.7. The van der Waals surface area contributed by atoms with Crippen molar-refractivity contribution in [2.24, 2.45) is 0 Å². The number of nitro groups is 1. The van der Waals surface area contributed by atoms with Crippen LogP contribution in [0.4, 0.5) is 11.6 Å². The molecule has 8 nitrogen and oxygen atoms in total. The summed E-state index contributed by atoms with van der Waals surface area (Å²) in [7, 11) is 0. The number of non-ortho nitro benzene ring substituents is 1. The first kappa shape index (κ1) is 26.0. The Labute approximate surface area is 236 Å². The van der Waals surface area contributed by atoms with Gasteiger partial charge in [-0.15, -0.1) is 0 Å². The molecule has 40 heavy (non-hydrogen) atoms. The molecule has 0 amide bonds. The van der Waals surface area contributed by atoms with Gasteiger partial charge < -0.3 is 14.6 Å². The van der Waals surface area contributed by atoms with Crippen molar-refractivity contribution in [1.82, 2.24) is 14.5 Å². The Bertz CT molecular complexity index is 1650. The Balaban J connectivity index is 1.14. The number of para-hydroxylation sites is 2. The Hall–Kier alpha value is -4.27. The van der Waals surface area contributed by atoms with Gasteiger partial charge in [-0.25, -0.2) is 9.97 Å². The Morgan fingerprint density at radius 3 is 2.58 bits per heavy atom. The number of anilines is 1. The smallest absolute Gasteiger partial charge is 0.269 e. The van der Waals surface area contributed by atoms with E-state index in [2.05, 4.69) is 45.3 Å². The second-order valence-corrected chi connectivity index (χ2v) is 10.4. The summed E-state index contributed by atoms with van der Waals surface area (Å²) in [5.74, 6) is 0.553. The van der Waals surface area contributed by atoms with Crippen LogP contribution in [0, 0.1) is 10.1 Å². The second kappa shape index (κ2) is 11.5. The molecule has 1 saturated carbocycles. The lowest BCUT2D eigenvalue weighted by molar-refractivity contribution is -0.385. The van der Waals surface area contributed by atoms with Crippen LogP contribution in [0.15, 0.2) is 91.3 Å². The molecule has 2 heterocycles. The van der Waals surface area contributed by atoms with Gasteiger partial charge in [0.25, 0.3) is 5.69 Å². The van der Waals surface area contributed by atoms with Crippen LogP contribution < -0.4 is 5.32 Å². The number of nitrogens with one attached hydrogen (secondary N) is 1. The van der Waals surface area contributed by atoms with Crippen LogP contribution in [0.1, 0.15) is 31.2 Å². The maximum absolute atomic E-state index is 11.0. The Morgan fingerprint density at radius 1 is 1.00 bits per heavy atom. The molecule has 9 heteroatoms. The van der Waals surface area contributed by atoms with Gasteiger partial charge in [0.1, 0.15) is 0 Å². The van der Waals surface area contributed by atoms with Gasteiger partial charge in [0.2, 0.25) is 5.95 Å². The lowest BCUT2D eigenvalue weighted by atomic mass is 9.93. The minimum atomic E-state index is -0.383. The molecule has 0 saturated heterocycles. The molecular weight excluding hydrogens is 526 g/mol. The normalized spacial score (nSPS) is 17.1. The Morgan fingerprint density at radius 2 is 1.77 bits per heavy atom. The number of benzene rings is 3. The topological polar surface area (TPSA) is 95.1 Å². The van der Waals surface area contributed by atoms with Crippen molar-refractivity contribution >= 4 is 34.1 Å². The molecule has 1 N–H and O–H groups in total. The summed E-state index contributed by atoms with van der Waals surface area (Å²) in [4.78, 5) is 20.0. The lowest BCUT2D eigenvalue weighted by Gasteiger charge is -2.29. The monoisotopic (exact) mass is 553 g/mol. The standard InChI is InChI=1S/C31H28ClN5O3/c32-28-18-33-31(34-22-13-15-25(16-14-22)40-20-21-7-6-10-24(17-21)37(38)39)35-30(28)27-19-36(23-8-2-1-3-9-23)29-12-5-4-11-26(27)29/h1-12,17-19,22,25H,13-16,20H2,(H,33,34,35). The van der Waals surface area contributed by atoms with E-state index in [9.17, 15) is 10.1 Å². The molecule has 0 bridgehead atoms. The van der Waals surface area contributed by atoms with Crippen LogP contribution >= 0.6 is 11.6 Å². The molecule has 2 aromatic heterocycles. The van der Waals surface area contributed by atoms with E-state index in [1.807, 2.05) is 36.4 Å². The van der Waals surface area contributed by atoms with Crippen LogP contribution in [0.2, 0.25) is 5.02 Å². The summed E-state index contributed by atoms with van der Waals surface area (Å²) in [6.07, 6.45) is 7.46. The van der Waals surface area contributed by atoms with E-state index in [1.54, 1.807) is 18.3 Å². The van der Waals surface area contributed by atoms with Crippen molar-refractivity contribution in [3.63, 3.8) is 0 Å². The highest BCUT2D eigenvalue weighted by Gasteiger charge is 2.23. The maximum Gasteiger partial charge on any atom is 0.269 e. The number of fused-ring (bicyclic) bond motifs is 1. The van der Waals surface area contributed by atoms with Gasteiger partial charge in [0.15, 0.2) is 0 Å². The van der Waals surface area contributed by atoms with E-state index in [-0.39, 0.29) is 22.8 Å². The van der Waals surface area contributed by atoms with Crippen LogP contribution in [0.5, 0.6) is 0 Å². The maximum atomic E-state index is 11.0. The first-order valence-electron chi connectivity index (χ1n) is 13.3. The molecule has 0 spiro atoms. The van der Waals surface area contributed by atoms with E-state index in [4.69, 9.17) is 21.3 Å². The minimum Gasteiger partial charge on any atom is -0.374 e. The summed E-state index contributed by atoms with van der Waals surface area (Å²) >= 11 is 6.64. The fourth-order valence-corrected chi connectivity index (χ4v) is 5.52. The average molecular weight is 554 g/mol. The predicted molar refractivity (Wildman–Crippen MR) is 157 cm³/mol. The van der Waals surface area contributed by atoms with Crippen molar-refractivity contribution in [1.29, 1.82) is 0 Å². The fourth-order valence-electron chi connectivity index (χ4n) is 5.33. The predicted octanol–water partition coefficient (Wildman–Crippen LogP) is 7.59. The van der Waals surface area contributed by atoms with Gasteiger partial charge in [-0.2, -0.15) is 0 Å². The first-order chi connectivity index (χ1) is 19.5. The highest BCUT2D eigenvalue weighted by Crippen LogP contribution is 2.35. The number of nitro benzene ring substituents is 1. The summed E-state index contributed by atoms with van der Waals surface area (Å²) in [5, 5.41) is 16.1. The van der Waals surface area contributed by atoms with Crippen LogP contribution in [-0.2, 0) is 11.3 Å². The molecule has 1 fully saturated rings. The van der Waals surface area contributed by atoms with Crippen molar-refractivity contribution < 1.29 is 9.66 Å². The average Bonchev–Trinajstić information content (AvgIpc) is 3.38. The Kier molecular flexibility index (Phi) is 7.44. The largest absolute Gasteiger partial charge is 0.374 e. The van der Waals surface area contributed by atoms with E-state index >= 15 is 0 Å². The summed E-state index contributed by atoms with van der Waals surface area (Å²) in [6.45, 7) is 0.366. The molecule has 3 aromatic carbocycles. The van der Waals surface area contributed by atoms with Crippen molar-refractivity contribution in [3.05, 3.63) is 112 Å². The lowest BCUT2D eigenvalue weighted by Crippen LogP contribution is -2.30. The fraction of sp³-hybridized carbons (Fsp3) is 0.226. The van der Waals surface area contributed by atoms with Gasteiger partial charge in [-0.05, 0) is 49.4 Å². The van der Waals surface area contributed by atoms with Gasteiger partial charge in [-0.3, -0.25) is 10.1 Å². The van der Waals surface area contributed by atoms with Crippen LogP contribution in [-0.4, -0.2) is 31.6 Å². The van der Waals surface area contributed by atoms with Crippen molar-refractivity contribution in [2.75, 3.05) is 5.32 Å². The first-order valence-corrected chi connectivity index (χ1v) is 13.7. The molecule has 0 aliphatic heterocycles. The summed E-state index contributed by atoms with van der Waals surface area (Å²) in [5.41, 5.74) is 4.69. The number of halogens is 1. The van der Waals surface area contributed by atoms with Gasteiger partial charge in [0.05, 0.1) is 40.1 Å². The second-order valence-electron chi connectivity index (χ2n) is 10.0. The minimum absolute atomic E-state index is 0.0842. The SMILES string of the molecule is O=[N+]([O-])c1cccc(COC2CCC(Nc3ncc(Cl)c(-c4cn(-c5ccccc5)c5ccccc45)n3)CC2)c1. The van der Waals surface area contributed by atoms with E-state index in [1.165, 1.54) is 6.07 Å². The van der Waals surface area contributed by atoms with Gasteiger partial charge >= 0.3 is 0 Å². The van der Waals surface area contributed by atoms with Crippen LogP contribution in [0.25, 0.3) is 27.8 Å². The highest BCUT2D eigenvalue weighted by molar-refractivity contribution is 6.33. The molecule has 1 aliphatic carbocycles. The zero-order chi connectivity index (χ0) is 27.5. The molecular formula is C31H28ClN5O3. The molecule has 0 unspecified atom stereocenters. The van der Waals surface area contributed by atoms with E-state index < -0.39 is 0 Å². The highest BCUT2D eigenvalue weighted by atomic mass is 35.5. The molecule has 6 rings (SSSR count). The molecule has 5 aromatic rings. The van der Waals surface area contributed by atoms with Crippen LogP contribution in [0.3, 0.4) is 0 Å². The van der Waals surface area contributed by atoms with Gasteiger partial charge in [-0.1, -0.05) is 60.1 Å². The van der Waals surface area contributed by atoms with E-state index in [0.717, 1.165) is 53.4 Å². The van der Waals surface area contributed by atoms with Crippen molar-refractivity contribution in [2.45, 2.75) is 44.4 Å². The number of hydrogen-bond acceptors (Lipinski definition) is 6.